The van der Waals surface area contributed by atoms with Crippen LogP contribution >= 0.6 is 0 Å². The zero-order valence-electron chi connectivity index (χ0n) is 53.4. The molecule has 6 nitrogen and oxygen atoms in total. The van der Waals surface area contributed by atoms with Crippen molar-refractivity contribution < 1.29 is 42.5 Å². The first-order valence-electron chi connectivity index (χ1n) is 33.5. The van der Waals surface area contributed by atoms with Crippen LogP contribution in [-0.4, -0.2) is 13.1 Å². The van der Waals surface area contributed by atoms with E-state index in [0.29, 0.717) is 0 Å². The second-order valence-electron chi connectivity index (χ2n) is 22.2. The van der Waals surface area contributed by atoms with E-state index in [4.69, 9.17) is 14.3 Å². The second-order valence-corrected chi connectivity index (χ2v) is 25.1. The normalized spacial score (nSPS) is 11.4. The minimum absolute atomic E-state index is 0.964. The van der Waals surface area contributed by atoms with Crippen LogP contribution in [0.15, 0.2) is 0 Å². The molecule has 0 spiro atoms. The SMILES string of the molecule is CCCCCCCC.CCCCCCCC.CCCCCCCC.CCCCCCCC.CCCCCCCC(C)CCCCCCCC[NH3+].CCCCCCCC(C)CCCCCCCC[NH3+].[O]=[W](=[O])([O-])[O-]. The third-order valence-electron chi connectivity index (χ3n) is 13.8. The van der Waals surface area contributed by atoms with E-state index < -0.39 is 16.7 Å². The van der Waals surface area contributed by atoms with Gasteiger partial charge in [0.2, 0.25) is 0 Å². The Morgan fingerprint density at radius 1 is 0.247 bits per heavy atom. The zero-order chi connectivity index (χ0) is 56.4. The molecule has 0 radical (unpaired) electrons. The van der Waals surface area contributed by atoms with Gasteiger partial charge in [-0.15, -0.1) is 0 Å². The molecule has 6 N–H and O–H groups in total. The molecule has 0 amide bonds. The van der Waals surface area contributed by atoms with Crippen LogP contribution in [0.3, 0.4) is 0 Å². The summed E-state index contributed by atoms with van der Waals surface area (Å²) < 4.78 is 34.6. The molecular formula is C66H148N2O4W. The Kier molecular flexibility index (Phi) is 106. The van der Waals surface area contributed by atoms with Crippen LogP contribution in [0.25, 0.3) is 0 Å². The first kappa shape index (κ1) is 87.0. The average molecular weight is 1220 g/mol. The number of hydrogen-bond donors (Lipinski definition) is 2. The van der Waals surface area contributed by atoms with E-state index in [1.807, 2.05) is 0 Å². The van der Waals surface area contributed by atoms with Crippen molar-refractivity contribution in [3.63, 3.8) is 0 Å². The summed E-state index contributed by atoms with van der Waals surface area (Å²) in [6.45, 7) is 29.8. The van der Waals surface area contributed by atoms with Gasteiger partial charge in [0, 0.05) is 0 Å². The summed E-state index contributed by atoms with van der Waals surface area (Å²) in [5, 5.41) is 0. The molecule has 0 saturated carbocycles. The number of quaternary nitrogens is 2. The molecule has 0 aromatic rings. The van der Waals surface area contributed by atoms with Gasteiger partial charge < -0.3 is 11.5 Å². The third-order valence-corrected chi connectivity index (χ3v) is 13.8. The van der Waals surface area contributed by atoms with Gasteiger partial charge in [-0.2, -0.15) is 0 Å². The van der Waals surface area contributed by atoms with Gasteiger partial charge in [0.05, 0.1) is 13.1 Å². The van der Waals surface area contributed by atoms with Gasteiger partial charge >= 0.3 is 31.1 Å². The van der Waals surface area contributed by atoms with Crippen LogP contribution in [0.1, 0.15) is 404 Å². The molecule has 0 heterocycles. The van der Waals surface area contributed by atoms with E-state index in [1.165, 1.54) is 321 Å². The van der Waals surface area contributed by atoms with E-state index in [-0.39, 0.29) is 0 Å². The molecule has 0 fully saturated rings. The van der Waals surface area contributed by atoms with E-state index >= 15 is 0 Å². The van der Waals surface area contributed by atoms with Crippen LogP contribution in [0.4, 0.5) is 0 Å². The Morgan fingerprint density at radius 3 is 0.479 bits per heavy atom. The molecule has 2 atom stereocenters. The van der Waals surface area contributed by atoms with Crippen LogP contribution < -0.4 is 19.0 Å². The standard InChI is InChI=1S/2C17H37N.4C8H18.4O.W/c2*1-3-4-5-8-11-14-17(2)15-12-9-6-7-10-13-16-18;4*1-3-5-7-8-6-4-2;;;;;/h2*17H,3-16,18H2,1-2H3;4*3-8H2,1-2H3;;;;;/q;;;;;;;;2*-1;/p+2. The van der Waals surface area contributed by atoms with Gasteiger partial charge in [0.15, 0.2) is 0 Å². The van der Waals surface area contributed by atoms with Crippen molar-refractivity contribution in [1.29, 1.82) is 0 Å². The summed E-state index contributed by atoms with van der Waals surface area (Å²) in [6.07, 6.45) is 71.2. The van der Waals surface area contributed by atoms with Crippen molar-refractivity contribution >= 4 is 0 Å². The molecule has 0 aliphatic rings. The second kappa shape index (κ2) is 88.7. The summed E-state index contributed by atoms with van der Waals surface area (Å²) in [4.78, 5) is 0. The first-order valence-corrected chi connectivity index (χ1v) is 38.3. The Morgan fingerprint density at radius 2 is 0.356 bits per heavy atom. The van der Waals surface area contributed by atoms with Crippen LogP contribution in [0.5, 0.6) is 0 Å². The molecule has 2 unspecified atom stereocenters. The molecule has 0 bridgehead atoms. The van der Waals surface area contributed by atoms with Gasteiger partial charge in [-0.05, 0) is 37.5 Å². The van der Waals surface area contributed by atoms with Gasteiger partial charge in [-0.3, -0.25) is 0 Å². The van der Waals surface area contributed by atoms with Crippen molar-refractivity contribution in [1.82, 2.24) is 0 Å². The molecule has 0 rings (SSSR count). The Hall–Kier alpha value is 0.128. The topological polar surface area (TPSA) is 136 Å². The van der Waals surface area contributed by atoms with Crippen molar-refractivity contribution in [2.45, 2.75) is 404 Å². The Labute approximate surface area is 469 Å². The van der Waals surface area contributed by atoms with E-state index in [2.05, 4.69) is 94.6 Å². The zero-order valence-corrected chi connectivity index (χ0v) is 56.3. The molecule has 73 heavy (non-hydrogen) atoms. The van der Waals surface area contributed by atoms with Crippen molar-refractivity contribution in [2.75, 3.05) is 13.1 Å². The summed E-state index contributed by atoms with van der Waals surface area (Å²) in [6, 6.07) is 0. The van der Waals surface area contributed by atoms with Gasteiger partial charge in [-0.25, -0.2) is 0 Å². The maximum absolute atomic E-state index is 8.65. The fraction of sp³-hybridized carbons (Fsp3) is 1.00. The van der Waals surface area contributed by atoms with E-state index in [1.54, 1.807) is 0 Å². The molecule has 0 aromatic carbocycles. The first-order chi connectivity index (χ1) is 35.3. The van der Waals surface area contributed by atoms with E-state index in [0.717, 1.165) is 24.9 Å². The van der Waals surface area contributed by atoms with Crippen LogP contribution in [-0.2, 0) is 23.5 Å². The van der Waals surface area contributed by atoms with Crippen molar-refractivity contribution in [3.8, 4) is 0 Å². The Bertz CT molecular complexity index is 807. The van der Waals surface area contributed by atoms with Gasteiger partial charge in [0.1, 0.15) is 0 Å². The summed E-state index contributed by atoms with van der Waals surface area (Å²) >= 11 is -6.17. The number of hydrogen-bond acceptors (Lipinski definition) is 4. The van der Waals surface area contributed by atoms with Crippen molar-refractivity contribution in [2.24, 2.45) is 11.8 Å². The summed E-state index contributed by atoms with van der Waals surface area (Å²) in [5.74, 6) is 1.93. The van der Waals surface area contributed by atoms with Gasteiger partial charge in [-0.1, -0.05) is 378 Å². The monoisotopic (exact) mass is 1220 g/mol. The van der Waals surface area contributed by atoms with Gasteiger partial charge in [0.25, 0.3) is 0 Å². The predicted octanol–water partition coefficient (Wildman–Crippen LogP) is 20.8. The number of unbranched alkanes of at least 4 members (excludes halogenated alkanes) is 38. The van der Waals surface area contributed by atoms with Crippen molar-refractivity contribution in [3.05, 3.63) is 0 Å². The molecule has 0 saturated heterocycles. The summed E-state index contributed by atoms with van der Waals surface area (Å²) in [7, 11) is 0. The van der Waals surface area contributed by atoms with Crippen LogP contribution in [0, 0.1) is 11.8 Å². The quantitative estimate of drug-likeness (QED) is 0.0587. The molecular weight excluding hydrogens is 1070 g/mol. The van der Waals surface area contributed by atoms with Crippen LogP contribution in [0.2, 0.25) is 0 Å². The molecule has 0 aromatic heterocycles. The fourth-order valence-electron chi connectivity index (χ4n) is 8.65. The maximum atomic E-state index is 8.65. The fourth-order valence-corrected chi connectivity index (χ4v) is 8.65. The van der Waals surface area contributed by atoms with E-state index in [9.17, 15) is 0 Å². The predicted molar refractivity (Wildman–Crippen MR) is 323 cm³/mol. The third kappa shape index (κ3) is 131. The molecule has 0 aliphatic heterocycles. The Balaban J connectivity index is -0.000000146. The minimum atomic E-state index is -6.17. The average Bonchev–Trinajstić information content (AvgIpc) is 3.37. The molecule has 0 aliphatic carbocycles. The molecule has 452 valence electrons. The summed E-state index contributed by atoms with van der Waals surface area (Å²) in [5.41, 5.74) is 7.78. The number of rotatable bonds is 48. The molecule has 7 heteroatoms.